The van der Waals surface area contributed by atoms with Gasteiger partial charge in [0.1, 0.15) is 0 Å². The van der Waals surface area contributed by atoms with Crippen LogP contribution >= 0.6 is 0 Å². The maximum Gasteiger partial charge on any atom is 0.0589 e. The summed E-state index contributed by atoms with van der Waals surface area (Å²) in [4.78, 5) is 2.53. The molecule has 1 heterocycles. The van der Waals surface area contributed by atoms with Crippen molar-refractivity contribution in [3.63, 3.8) is 0 Å². The van der Waals surface area contributed by atoms with Gasteiger partial charge in [-0.1, -0.05) is 31.2 Å². The highest BCUT2D eigenvalue weighted by Gasteiger charge is 2.33. The van der Waals surface area contributed by atoms with Gasteiger partial charge >= 0.3 is 0 Å². The molecule has 3 atom stereocenters. The molecule has 0 bridgehead atoms. The fraction of sp³-hybridized carbons (Fsp3) is 0.647. The Labute approximate surface area is 116 Å². The zero-order valence-corrected chi connectivity index (χ0v) is 11.9. The van der Waals surface area contributed by atoms with E-state index in [1.165, 1.54) is 25.7 Å². The molecule has 1 N–H and O–H groups in total. The Morgan fingerprint density at radius 2 is 2.11 bits per heavy atom. The molecule has 0 spiro atoms. The van der Waals surface area contributed by atoms with Crippen molar-refractivity contribution in [3.8, 4) is 0 Å². The van der Waals surface area contributed by atoms with E-state index in [2.05, 4.69) is 36.1 Å². The van der Waals surface area contributed by atoms with Gasteiger partial charge in [-0.2, -0.15) is 0 Å². The van der Waals surface area contributed by atoms with Gasteiger partial charge in [-0.15, -0.1) is 0 Å². The molecule has 104 valence electrons. The molecule has 19 heavy (non-hydrogen) atoms. The second kappa shape index (κ2) is 5.64. The largest absolute Gasteiger partial charge is 0.395 e. The lowest BCUT2D eigenvalue weighted by Crippen LogP contribution is -2.38. The maximum absolute atomic E-state index is 9.59. The lowest BCUT2D eigenvalue weighted by atomic mass is 9.82. The van der Waals surface area contributed by atoms with E-state index in [1.54, 1.807) is 11.1 Å². The number of aryl methyl sites for hydroxylation is 1. The van der Waals surface area contributed by atoms with Gasteiger partial charge in [0.2, 0.25) is 0 Å². The maximum atomic E-state index is 9.59. The van der Waals surface area contributed by atoms with Crippen molar-refractivity contribution < 1.29 is 5.11 Å². The van der Waals surface area contributed by atoms with Crippen LogP contribution in [-0.2, 0) is 6.42 Å². The Morgan fingerprint density at radius 3 is 2.95 bits per heavy atom. The number of fused-ring (bicyclic) bond motifs is 1. The molecule has 2 aliphatic rings. The molecule has 0 aromatic heterocycles. The van der Waals surface area contributed by atoms with Crippen LogP contribution < -0.4 is 0 Å². The molecular weight excluding hydrogens is 234 g/mol. The van der Waals surface area contributed by atoms with E-state index in [4.69, 9.17) is 0 Å². The Morgan fingerprint density at radius 1 is 1.26 bits per heavy atom. The molecule has 0 amide bonds. The van der Waals surface area contributed by atoms with Crippen molar-refractivity contribution in [2.45, 2.75) is 44.6 Å². The van der Waals surface area contributed by atoms with Crippen LogP contribution in [0.1, 0.15) is 43.2 Å². The van der Waals surface area contributed by atoms with Gasteiger partial charge in [0.05, 0.1) is 6.61 Å². The minimum absolute atomic E-state index is 0.315. The van der Waals surface area contributed by atoms with Crippen molar-refractivity contribution in [2.24, 2.45) is 5.92 Å². The number of hydrogen-bond acceptors (Lipinski definition) is 2. The smallest absolute Gasteiger partial charge is 0.0589 e. The topological polar surface area (TPSA) is 23.5 Å². The molecule has 1 aromatic rings. The minimum atomic E-state index is 0.315. The van der Waals surface area contributed by atoms with Crippen LogP contribution in [0.15, 0.2) is 24.3 Å². The second-order valence-corrected chi connectivity index (χ2v) is 6.30. The SMILES string of the molecule is CC1CCN(CC2CCCc3ccccc32)C1CO. The summed E-state index contributed by atoms with van der Waals surface area (Å²) in [6.07, 6.45) is 5.10. The molecule has 0 radical (unpaired) electrons. The molecule has 2 heteroatoms. The number of aliphatic hydroxyl groups excluding tert-OH is 1. The van der Waals surface area contributed by atoms with Crippen LogP contribution in [-0.4, -0.2) is 35.7 Å². The van der Waals surface area contributed by atoms with Crippen LogP contribution in [0, 0.1) is 5.92 Å². The fourth-order valence-corrected chi connectivity index (χ4v) is 3.94. The third kappa shape index (κ3) is 2.56. The van der Waals surface area contributed by atoms with Crippen molar-refractivity contribution in [2.75, 3.05) is 19.7 Å². The number of hydrogen-bond donors (Lipinski definition) is 1. The van der Waals surface area contributed by atoms with Crippen LogP contribution in [0.5, 0.6) is 0 Å². The highest BCUT2D eigenvalue weighted by atomic mass is 16.3. The first-order valence-corrected chi connectivity index (χ1v) is 7.72. The van der Waals surface area contributed by atoms with Gasteiger partial charge in [-0.25, -0.2) is 0 Å². The molecule has 1 aromatic carbocycles. The summed E-state index contributed by atoms with van der Waals surface area (Å²) in [7, 11) is 0. The molecule has 3 unspecified atom stereocenters. The van der Waals surface area contributed by atoms with Crippen molar-refractivity contribution in [1.29, 1.82) is 0 Å². The first-order chi connectivity index (χ1) is 9.29. The second-order valence-electron chi connectivity index (χ2n) is 6.30. The molecule has 0 saturated carbocycles. The summed E-state index contributed by atoms with van der Waals surface area (Å²) in [6.45, 7) is 4.88. The zero-order chi connectivity index (χ0) is 13.2. The van der Waals surface area contributed by atoms with Gasteiger partial charge in [-0.05, 0) is 55.2 Å². The number of likely N-dealkylation sites (tertiary alicyclic amines) is 1. The third-order valence-electron chi connectivity index (χ3n) is 5.13. The minimum Gasteiger partial charge on any atom is -0.395 e. The summed E-state index contributed by atoms with van der Waals surface area (Å²) in [5, 5.41) is 9.59. The lowest BCUT2D eigenvalue weighted by molar-refractivity contribution is 0.131. The molecule has 2 nitrogen and oxygen atoms in total. The molecule has 1 aliphatic carbocycles. The number of nitrogens with zero attached hydrogens (tertiary/aromatic N) is 1. The normalized spacial score (nSPS) is 31.4. The van der Waals surface area contributed by atoms with Crippen molar-refractivity contribution in [1.82, 2.24) is 4.90 Å². The van der Waals surface area contributed by atoms with E-state index in [0.29, 0.717) is 24.5 Å². The van der Waals surface area contributed by atoms with Gasteiger partial charge in [0.15, 0.2) is 0 Å². The van der Waals surface area contributed by atoms with Gasteiger partial charge in [-0.3, -0.25) is 4.90 Å². The lowest BCUT2D eigenvalue weighted by Gasteiger charge is -2.32. The third-order valence-corrected chi connectivity index (χ3v) is 5.13. The highest BCUT2D eigenvalue weighted by Crippen LogP contribution is 2.34. The molecular formula is C17H25NO. The summed E-state index contributed by atoms with van der Waals surface area (Å²) in [5.41, 5.74) is 3.11. The van der Waals surface area contributed by atoms with Crippen molar-refractivity contribution in [3.05, 3.63) is 35.4 Å². The standard InChI is InChI=1S/C17H25NO/c1-13-9-10-18(17(13)12-19)11-15-7-4-6-14-5-2-3-8-16(14)15/h2-3,5,8,13,15,17,19H,4,6-7,9-12H2,1H3. The first kappa shape index (κ1) is 13.1. The molecule has 1 fully saturated rings. The summed E-state index contributed by atoms with van der Waals surface area (Å²) < 4.78 is 0. The predicted molar refractivity (Wildman–Crippen MR) is 78.3 cm³/mol. The number of rotatable bonds is 3. The van der Waals surface area contributed by atoms with Gasteiger partial charge in [0, 0.05) is 12.6 Å². The Kier molecular flexibility index (Phi) is 3.90. The van der Waals surface area contributed by atoms with E-state index >= 15 is 0 Å². The van der Waals surface area contributed by atoms with Crippen LogP contribution in [0.4, 0.5) is 0 Å². The average Bonchev–Trinajstić information content (AvgIpc) is 2.79. The monoisotopic (exact) mass is 259 g/mol. The quantitative estimate of drug-likeness (QED) is 0.902. The zero-order valence-electron chi connectivity index (χ0n) is 11.9. The Bertz CT molecular complexity index is 431. The predicted octanol–water partition coefficient (Wildman–Crippen LogP) is 2.81. The van der Waals surface area contributed by atoms with Crippen molar-refractivity contribution >= 4 is 0 Å². The van der Waals surface area contributed by atoms with Crippen LogP contribution in [0.3, 0.4) is 0 Å². The molecule has 1 saturated heterocycles. The highest BCUT2D eigenvalue weighted by molar-refractivity contribution is 5.32. The van der Waals surface area contributed by atoms with Crippen LogP contribution in [0.25, 0.3) is 0 Å². The molecule has 1 aliphatic heterocycles. The van der Waals surface area contributed by atoms with E-state index in [9.17, 15) is 5.11 Å². The van der Waals surface area contributed by atoms with E-state index in [-0.39, 0.29) is 0 Å². The molecule has 3 rings (SSSR count). The summed E-state index contributed by atoms with van der Waals surface area (Å²) in [5.74, 6) is 1.31. The fourth-order valence-electron chi connectivity index (χ4n) is 3.94. The van der Waals surface area contributed by atoms with E-state index in [0.717, 1.165) is 13.1 Å². The van der Waals surface area contributed by atoms with Crippen LogP contribution in [0.2, 0.25) is 0 Å². The number of aliphatic hydroxyl groups is 1. The Balaban J connectivity index is 1.74. The number of benzene rings is 1. The van der Waals surface area contributed by atoms with E-state index < -0.39 is 0 Å². The van der Waals surface area contributed by atoms with E-state index in [1.807, 2.05) is 0 Å². The summed E-state index contributed by atoms with van der Waals surface area (Å²) >= 11 is 0. The van der Waals surface area contributed by atoms with Gasteiger partial charge in [0.25, 0.3) is 0 Å². The first-order valence-electron chi connectivity index (χ1n) is 7.72. The summed E-state index contributed by atoms with van der Waals surface area (Å²) in [6, 6.07) is 9.32. The Hall–Kier alpha value is -0.860. The average molecular weight is 259 g/mol. The van der Waals surface area contributed by atoms with Gasteiger partial charge < -0.3 is 5.11 Å².